The van der Waals surface area contributed by atoms with Crippen LogP contribution in [0.15, 0.2) is 54.0 Å². The summed E-state index contributed by atoms with van der Waals surface area (Å²) in [5.41, 5.74) is 3.02. The molecule has 0 fully saturated rings. The molecule has 0 bridgehead atoms. The summed E-state index contributed by atoms with van der Waals surface area (Å²) in [7, 11) is 4.64. The molecule has 1 N–H and O–H groups in total. The van der Waals surface area contributed by atoms with Gasteiger partial charge in [0.05, 0.1) is 21.3 Å². The Morgan fingerprint density at radius 1 is 1.00 bits per heavy atom. The molecule has 0 saturated carbocycles. The van der Waals surface area contributed by atoms with Gasteiger partial charge >= 0.3 is 0 Å². The molecule has 170 valence electrons. The fourth-order valence-corrected chi connectivity index (χ4v) is 4.75. The number of hydrogen-bond donors (Lipinski definition) is 1. The SMILES string of the molecule is COc1ccc([C@H]2C3=C(C[C@@H](c4ccc(F)cc4)CC3=O)Nc3ncnn32)c(OC)c1OC. The summed E-state index contributed by atoms with van der Waals surface area (Å²) in [6.07, 6.45) is 2.34. The number of hydrogen-bond acceptors (Lipinski definition) is 7. The van der Waals surface area contributed by atoms with Crippen molar-refractivity contribution in [3.05, 3.63) is 70.9 Å². The van der Waals surface area contributed by atoms with E-state index in [2.05, 4.69) is 15.4 Å². The number of methoxy groups -OCH3 is 3. The van der Waals surface area contributed by atoms with Crippen molar-refractivity contribution < 1.29 is 23.4 Å². The number of aromatic nitrogens is 3. The molecule has 0 amide bonds. The number of allylic oxidation sites excluding steroid dienone is 2. The third-order valence-corrected chi connectivity index (χ3v) is 6.23. The predicted octanol–water partition coefficient (Wildman–Crippen LogP) is 3.86. The molecule has 1 aliphatic heterocycles. The van der Waals surface area contributed by atoms with E-state index < -0.39 is 6.04 Å². The van der Waals surface area contributed by atoms with Crippen molar-refractivity contribution in [2.75, 3.05) is 26.6 Å². The fourth-order valence-electron chi connectivity index (χ4n) is 4.75. The van der Waals surface area contributed by atoms with E-state index in [9.17, 15) is 9.18 Å². The minimum atomic E-state index is -0.546. The second-order valence-corrected chi connectivity index (χ2v) is 7.95. The van der Waals surface area contributed by atoms with Crippen LogP contribution < -0.4 is 19.5 Å². The zero-order chi connectivity index (χ0) is 23.1. The van der Waals surface area contributed by atoms with Crippen molar-refractivity contribution in [1.82, 2.24) is 14.8 Å². The number of nitrogens with one attached hydrogen (secondary N) is 1. The van der Waals surface area contributed by atoms with Crippen molar-refractivity contribution in [2.45, 2.75) is 24.8 Å². The molecule has 8 nitrogen and oxygen atoms in total. The van der Waals surface area contributed by atoms with E-state index in [1.54, 1.807) is 37.1 Å². The van der Waals surface area contributed by atoms with Gasteiger partial charge in [0.25, 0.3) is 0 Å². The first-order chi connectivity index (χ1) is 16.0. The molecule has 0 radical (unpaired) electrons. The van der Waals surface area contributed by atoms with E-state index in [1.807, 2.05) is 6.07 Å². The summed E-state index contributed by atoms with van der Waals surface area (Å²) in [4.78, 5) is 17.9. The number of rotatable bonds is 5. The number of benzene rings is 2. The van der Waals surface area contributed by atoms with E-state index in [0.717, 1.165) is 11.3 Å². The molecule has 2 aromatic carbocycles. The summed E-state index contributed by atoms with van der Waals surface area (Å²) in [6.45, 7) is 0. The van der Waals surface area contributed by atoms with Gasteiger partial charge in [-0.3, -0.25) is 4.79 Å². The van der Waals surface area contributed by atoms with Gasteiger partial charge in [0.1, 0.15) is 18.2 Å². The van der Waals surface area contributed by atoms with Gasteiger partial charge in [-0.05, 0) is 42.2 Å². The highest BCUT2D eigenvalue weighted by molar-refractivity contribution is 6.00. The molecular formula is C24H23FN4O4. The van der Waals surface area contributed by atoms with Crippen LogP contribution in [0.3, 0.4) is 0 Å². The van der Waals surface area contributed by atoms with Crippen LogP contribution in [0.1, 0.15) is 35.9 Å². The minimum Gasteiger partial charge on any atom is -0.493 e. The third kappa shape index (κ3) is 3.40. The first-order valence-corrected chi connectivity index (χ1v) is 10.5. The molecule has 5 rings (SSSR count). The van der Waals surface area contributed by atoms with E-state index in [4.69, 9.17) is 14.2 Å². The van der Waals surface area contributed by atoms with E-state index in [1.165, 1.54) is 25.6 Å². The van der Waals surface area contributed by atoms with Crippen molar-refractivity contribution in [1.29, 1.82) is 0 Å². The highest BCUT2D eigenvalue weighted by atomic mass is 19.1. The Morgan fingerprint density at radius 3 is 2.45 bits per heavy atom. The number of Topliss-reactive ketones (excluding diaryl/α,β-unsaturated/α-hetero) is 1. The first kappa shape index (κ1) is 21.0. The lowest BCUT2D eigenvalue weighted by molar-refractivity contribution is -0.116. The Kier molecular flexibility index (Phi) is 5.24. The van der Waals surface area contributed by atoms with E-state index >= 15 is 0 Å². The smallest absolute Gasteiger partial charge is 0.226 e. The van der Waals surface area contributed by atoms with Crippen LogP contribution in [0.25, 0.3) is 0 Å². The summed E-state index contributed by atoms with van der Waals surface area (Å²) in [5.74, 6) is 1.57. The fraction of sp³-hybridized carbons (Fsp3) is 0.292. The number of halogens is 1. The average molecular weight is 450 g/mol. The number of carbonyl (C=O) groups is 1. The van der Waals surface area contributed by atoms with Gasteiger partial charge in [0.2, 0.25) is 11.7 Å². The maximum absolute atomic E-state index is 13.5. The second-order valence-electron chi connectivity index (χ2n) is 7.95. The van der Waals surface area contributed by atoms with Crippen molar-refractivity contribution >= 4 is 11.7 Å². The maximum atomic E-state index is 13.5. The average Bonchev–Trinajstić information content (AvgIpc) is 3.30. The molecule has 0 saturated heterocycles. The highest BCUT2D eigenvalue weighted by Gasteiger charge is 2.41. The van der Waals surface area contributed by atoms with Crippen LogP contribution in [0.5, 0.6) is 17.2 Å². The standard InChI is InChI=1S/C24H23FN4O4/c1-31-19-9-8-16(22(32-2)23(19)33-3)21-20-17(28-24-26-12-27-29(21)24)10-14(11-18(20)30)13-4-6-15(25)7-5-13/h4-9,12,14,21H,10-11H2,1-3H3,(H,26,27,28)/t14-,21+/m1/s1. The Balaban J connectivity index is 1.64. The number of carbonyl (C=O) groups excluding carboxylic acids is 1. The van der Waals surface area contributed by atoms with Crippen molar-refractivity contribution in [3.8, 4) is 17.2 Å². The van der Waals surface area contributed by atoms with Crippen molar-refractivity contribution in [2.24, 2.45) is 0 Å². The first-order valence-electron chi connectivity index (χ1n) is 10.5. The Morgan fingerprint density at radius 2 is 1.76 bits per heavy atom. The quantitative estimate of drug-likeness (QED) is 0.632. The molecule has 0 spiro atoms. The third-order valence-electron chi connectivity index (χ3n) is 6.23. The molecule has 1 aliphatic carbocycles. The molecule has 9 heteroatoms. The van der Waals surface area contributed by atoms with Crippen LogP contribution in [0.4, 0.5) is 10.3 Å². The zero-order valence-electron chi connectivity index (χ0n) is 18.5. The lowest BCUT2D eigenvalue weighted by Crippen LogP contribution is -2.33. The summed E-state index contributed by atoms with van der Waals surface area (Å²) in [5, 5.41) is 7.67. The number of fused-ring (bicyclic) bond motifs is 1. The monoisotopic (exact) mass is 450 g/mol. The Hall–Kier alpha value is -3.88. The predicted molar refractivity (Wildman–Crippen MR) is 118 cm³/mol. The van der Waals surface area contributed by atoms with Crippen LogP contribution in [-0.4, -0.2) is 41.9 Å². The Bertz CT molecular complexity index is 1250. The van der Waals surface area contributed by atoms with Crippen LogP contribution in [-0.2, 0) is 4.79 Å². The second kappa shape index (κ2) is 8.23. The number of ketones is 1. The number of anilines is 1. The van der Waals surface area contributed by atoms with Gasteiger partial charge in [-0.15, -0.1) is 0 Å². The van der Waals surface area contributed by atoms with Gasteiger partial charge in [-0.1, -0.05) is 12.1 Å². The van der Waals surface area contributed by atoms with E-state index in [-0.39, 0.29) is 17.5 Å². The summed E-state index contributed by atoms with van der Waals surface area (Å²) < 4.78 is 31.8. The maximum Gasteiger partial charge on any atom is 0.226 e. The molecule has 1 aromatic heterocycles. The molecule has 2 heterocycles. The topological polar surface area (TPSA) is 87.5 Å². The van der Waals surface area contributed by atoms with Crippen LogP contribution in [0.2, 0.25) is 0 Å². The van der Waals surface area contributed by atoms with Crippen LogP contribution in [0, 0.1) is 5.82 Å². The summed E-state index contributed by atoms with van der Waals surface area (Å²) >= 11 is 0. The molecule has 2 aliphatic rings. The lowest BCUT2D eigenvalue weighted by Gasteiger charge is -2.35. The largest absolute Gasteiger partial charge is 0.493 e. The number of nitrogens with zero attached hydrogens (tertiary/aromatic N) is 3. The molecule has 0 unspecified atom stereocenters. The van der Waals surface area contributed by atoms with Crippen molar-refractivity contribution in [3.63, 3.8) is 0 Å². The van der Waals surface area contributed by atoms with Gasteiger partial charge < -0.3 is 19.5 Å². The minimum absolute atomic E-state index is 0.0129. The molecular weight excluding hydrogens is 427 g/mol. The van der Waals surface area contributed by atoms with Gasteiger partial charge in [0.15, 0.2) is 17.3 Å². The molecule has 33 heavy (non-hydrogen) atoms. The Labute approximate surface area is 190 Å². The lowest BCUT2D eigenvalue weighted by atomic mass is 9.77. The van der Waals surface area contributed by atoms with Gasteiger partial charge in [0, 0.05) is 23.3 Å². The normalized spacial score (nSPS) is 19.5. The van der Waals surface area contributed by atoms with Gasteiger partial charge in [-0.2, -0.15) is 10.1 Å². The summed E-state index contributed by atoms with van der Waals surface area (Å²) in [6, 6.07) is 9.40. The number of ether oxygens (including phenoxy) is 3. The molecule has 2 atom stereocenters. The molecule has 3 aromatic rings. The van der Waals surface area contributed by atoms with Gasteiger partial charge in [-0.25, -0.2) is 9.07 Å². The van der Waals surface area contributed by atoms with Crippen LogP contribution >= 0.6 is 0 Å². The van der Waals surface area contributed by atoms with E-state index in [0.29, 0.717) is 47.2 Å². The zero-order valence-corrected chi connectivity index (χ0v) is 18.5. The highest BCUT2D eigenvalue weighted by Crippen LogP contribution is 2.49.